The van der Waals surface area contributed by atoms with Gasteiger partial charge >= 0.3 is 12.2 Å². The minimum absolute atomic E-state index is 0.164. The molecule has 1 fully saturated rings. The molecule has 0 spiro atoms. The number of nitrogens with one attached hydrogen (secondary N) is 2. The predicted octanol–water partition coefficient (Wildman–Crippen LogP) is 4.39. The van der Waals surface area contributed by atoms with E-state index in [1.165, 1.54) is 36.5 Å². The molecule has 0 bridgehead atoms. The first-order valence-corrected chi connectivity index (χ1v) is 10.3. The van der Waals surface area contributed by atoms with Gasteiger partial charge in [-0.2, -0.15) is 13.2 Å². The first-order valence-electron chi connectivity index (χ1n) is 10.3. The molecule has 2 amide bonds. The molecule has 1 aliphatic rings. The molecule has 11 heteroatoms. The van der Waals surface area contributed by atoms with Crippen molar-refractivity contribution in [2.24, 2.45) is 5.92 Å². The van der Waals surface area contributed by atoms with Crippen molar-refractivity contribution in [2.45, 2.75) is 24.9 Å². The largest absolute Gasteiger partial charge is 0.459 e. The van der Waals surface area contributed by atoms with Crippen molar-refractivity contribution in [2.75, 3.05) is 0 Å². The smallest absolute Gasteiger partial charge is 0.437 e. The molecule has 0 aliphatic carbocycles. The fourth-order valence-electron chi connectivity index (χ4n) is 3.91. The summed E-state index contributed by atoms with van der Waals surface area (Å²) in [6.07, 6.45) is -5.44. The number of rotatable bonds is 5. The Morgan fingerprint density at radius 3 is 2.14 bits per heavy atom. The fraction of sp³-hybridized carbons (Fsp3) is 0.208. The molecule has 3 N–H and O–H groups in total. The van der Waals surface area contributed by atoms with Crippen LogP contribution in [-0.2, 0) is 0 Å². The van der Waals surface area contributed by atoms with Crippen LogP contribution in [0.1, 0.15) is 39.4 Å². The van der Waals surface area contributed by atoms with Crippen molar-refractivity contribution in [1.82, 2.24) is 10.6 Å². The van der Waals surface area contributed by atoms with Gasteiger partial charge in [-0.05, 0) is 43.3 Å². The zero-order valence-corrected chi connectivity index (χ0v) is 18.0. The Kier molecular flexibility index (Phi) is 5.97. The summed E-state index contributed by atoms with van der Waals surface area (Å²) in [6, 6.07) is 9.52. The molecule has 2 heterocycles. The Morgan fingerprint density at radius 2 is 1.57 bits per heavy atom. The summed E-state index contributed by atoms with van der Waals surface area (Å²) in [7, 11) is 0. The maximum Gasteiger partial charge on any atom is 0.437 e. The van der Waals surface area contributed by atoms with E-state index in [1.807, 2.05) is 0 Å². The Hall–Kier alpha value is -3.99. The molecule has 2 aromatic carbocycles. The third kappa shape index (κ3) is 4.42. The number of amides is 2. The van der Waals surface area contributed by atoms with Crippen LogP contribution in [0.15, 0.2) is 65.1 Å². The molecule has 3 atom stereocenters. The second kappa shape index (κ2) is 8.66. The number of urea groups is 1. The zero-order valence-electron chi connectivity index (χ0n) is 18.0. The summed E-state index contributed by atoms with van der Waals surface area (Å²) in [5.74, 6) is -4.44. The van der Waals surface area contributed by atoms with Crippen molar-refractivity contribution in [1.29, 1.82) is 0 Å². The van der Waals surface area contributed by atoms with Crippen LogP contribution < -0.4 is 10.6 Å². The number of carbonyl (C=O) groups excluding carboxylic acids is 3. The van der Waals surface area contributed by atoms with Gasteiger partial charge in [-0.15, -0.1) is 0 Å². The number of carbonyl (C=O) groups is 3. The van der Waals surface area contributed by atoms with Gasteiger partial charge in [0.25, 0.3) is 0 Å². The number of furan rings is 1. The minimum Gasteiger partial charge on any atom is -0.459 e. The normalized spacial score (nSPS) is 22.3. The molecule has 7 nitrogen and oxygen atoms in total. The van der Waals surface area contributed by atoms with Gasteiger partial charge in [-0.3, -0.25) is 9.59 Å². The molecular formula is C24H18F4N2O5. The van der Waals surface area contributed by atoms with Crippen LogP contribution in [-0.4, -0.2) is 34.6 Å². The summed E-state index contributed by atoms with van der Waals surface area (Å²) in [5, 5.41) is 14.2. The average molecular weight is 490 g/mol. The molecule has 182 valence electrons. The quantitative estimate of drug-likeness (QED) is 0.363. The van der Waals surface area contributed by atoms with Crippen molar-refractivity contribution < 1.29 is 41.5 Å². The molecule has 1 aliphatic heterocycles. The summed E-state index contributed by atoms with van der Waals surface area (Å²) < 4.78 is 61.0. The van der Waals surface area contributed by atoms with Gasteiger partial charge in [0, 0.05) is 16.7 Å². The minimum atomic E-state index is -5.44. The second-order valence-electron chi connectivity index (χ2n) is 8.02. The van der Waals surface area contributed by atoms with E-state index in [9.17, 15) is 37.1 Å². The molecule has 1 saturated heterocycles. The molecule has 4 rings (SSSR count). The van der Waals surface area contributed by atoms with Crippen molar-refractivity contribution >= 4 is 17.6 Å². The first kappa shape index (κ1) is 24.1. The van der Waals surface area contributed by atoms with Crippen LogP contribution in [0.3, 0.4) is 0 Å². The highest BCUT2D eigenvalue weighted by Gasteiger charge is 2.66. The lowest BCUT2D eigenvalue weighted by molar-refractivity contribution is -0.288. The monoisotopic (exact) mass is 490 g/mol. The van der Waals surface area contributed by atoms with Crippen LogP contribution in [0.2, 0.25) is 0 Å². The highest BCUT2D eigenvalue weighted by molar-refractivity contribution is 6.00. The number of alkyl halides is 3. The van der Waals surface area contributed by atoms with Crippen LogP contribution in [0, 0.1) is 11.7 Å². The van der Waals surface area contributed by atoms with Crippen LogP contribution >= 0.6 is 0 Å². The van der Waals surface area contributed by atoms with Crippen LogP contribution in [0.4, 0.5) is 22.4 Å². The van der Waals surface area contributed by atoms with E-state index in [0.29, 0.717) is 11.1 Å². The number of ketones is 2. The van der Waals surface area contributed by atoms with Gasteiger partial charge < -0.3 is 20.2 Å². The van der Waals surface area contributed by atoms with E-state index >= 15 is 0 Å². The highest BCUT2D eigenvalue weighted by Crippen LogP contribution is 2.44. The third-order valence-electron chi connectivity index (χ3n) is 5.73. The maximum absolute atomic E-state index is 14.0. The topological polar surface area (TPSA) is 109 Å². The Balaban J connectivity index is 1.78. The van der Waals surface area contributed by atoms with Gasteiger partial charge in [0.05, 0.1) is 0 Å². The number of hydrogen-bond donors (Lipinski definition) is 3. The van der Waals surface area contributed by atoms with Gasteiger partial charge in [-0.25, -0.2) is 9.18 Å². The lowest BCUT2D eigenvalue weighted by atomic mass is 9.79. The number of benzene rings is 2. The predicted molar refractivity (Wildman–Crippen MR) is 114 cm³/mol. The lowest BCUT2D eigenvalue weighted by Crippen LogP contribution is -2.72. The number of hydrogen-bond acceptors (Lipinski definition) is 5. The second-order valence-corrected chi connectivity index (χ2v) is 8.02. The highest BCUT2D eigenvalue weighted by atomic mass is 19.4. The van der Waals surface area contributed by atoms with E-state index in [-0.39, 0.29) is 22.9 Å². The third-order valence-corrected chi connectivity index (χ3v) is 5.73. The van der Waals surface area contributed by atoms with Gasteiger partial charge in [0.15, 0.2) is 11.6 Å². The van der Waals surface area contributed by atoms with Crippen LogP contribution in [0.5, 0.6) is 0 Å². The lowest BCUT2D eigenvalue weighted by Gasteiger charge is -2.44. The van der Waals surface area contributed by atoms with E-state index in [4.69, 9.17) is 4.42 Å². The van der Waals surface area contributed by atoms with E-state index in [1.54, 1.807) is 12.1 Å². The average Bonchev–Trinajstić information content (AvgIpc) is 3.28. The molecule has 35 heavy (non-hydrogen) atoms. The SMILES string of the molecule is CC(=O)c1ccc(-c2ccc([C@H]3NC(=O)N[C@@](O)(C(F)(F)F)[C@H]3C(=O)c3ccc(F)cc3)o2)cc1. The molecule has 3 aromatic rings. The summed E-state index contributed by atoms with van der Waals surface area (Å²) >= 11 is 0. The van der Waals surface area contributed by atoms with Gasteiger partial charge in [0.2, 0.25) is 5.72 Å². The van der Waals surface area contributed by atoms with Crippen molar-refractivity contribution in [3.05, 3.63) is 83.4 Å². The van der Waals surface area contributed by atoms with E-state index < -0.39 is 41.5 Å². The molecular weight excluding hydrogens is 472 g/mol. The van der Waals surface area contributed by atoms with E-state index in [2.05, 4.69) is 5.32 Å². The Labute approximate surface area is 195 Å². The molecule has 1 aromatic heterocycles. The fourth-order valence-corrected chi connectivity index (χ4v) is 3.91. The summed E-state index contributed by atoms with van der Waals surface area (Å²) in [5.41, 5.74) is -3.34. The standard InChI is InChI=1S/C24H18F4N2O5/c1-12(31)13-2-4-14(5-3-13)17-10-11-18(35-17)20-19(21(32)15-6-8-16(25)9-7-15)23(34,24(26,27)28)30-22(33)29-20/h2-11,19-20,34H,1H3,(H2,29,30,33)/t19-,20-,23+/m1/s1. The van der Waals surface area contributed by atoms with Crippen LogP contribution in [0.25, 0.3) is 11.3 Å². The molecule has 0 radical (unpaired) electrons. The van der Waals surface area contributed by atoms with E-state index in [0.717, 1.165) is 24.3 Å². The Morgan fingerprint density at radius 1 is 0.971 bits per heavy atom. The Bertz CT molecular complexity index is 1280. The molecule has 0 saturated carbocycles. The van der Waals surface area contributed by atoms with Crippen molar-refractivity contribution in [3.8, 4) is 11.3 Å². The maximum atomic E-state index is 14.0. The first-order chi connectivity index (χ1) is 16.4. The van der Waals surface area contributed by atoms with Gasteiger partial charge in [-0.1, -0.05) is 24.3 Å². The number of aliphatic hydroxyl groups is 1. The summed E-state index contributed by atoms with van der Waals surface area (Å²) in [6.45, 7) is 1.39. The van der Waals surface area contributed by atoms with Crippen molar-refractivity contribution in [3.63, 3.8) is 0 Å². The zero-order chi connectivity index (χ0) is 25.5. The summed E-state index contributed by atoms with van der Waals surface area (Å²) in [4.78, 5) is 36.8. The number of halogens is 4. The number of Topliss-reactive ketones (excluding diaryl/α,β-unsaturated/α-hetero) is 2. The van der Waals surface area contributed by atoms with Gasteiger partial charge in [0.1, 0.15) is 29.3 Å². The molecule has 0 unspecified atom stereocenters.